The van der Waals surface area contributed by atoms with E-state index in [-0.39, 0.29) is 0 Å². The van der Waals surface area contributed by atoms with Gasteiger partial charge in [-0.05, 0) is 51.9 Å². The van der Waals surface area contributed by atoms with Crippen molar-refractivity contribution in [2.24, 2.45) is 5.73 Å². The molecule has 0 spiro atoms. The highest BCUT2D eigenvalue weighted by atomic mass is 32.1. The molecule has 0 aromatic carbocycles. The molecular formula is C13H27N3S. The number of nitrogens with zero attached hydrogens (tertiary/aromatic N) is 2. The lowest BCUT2D eigenvalue weighted by molar-refractivity contribution is 0.210. The molecule has 1 saturated heterocycles. The number of hydrogen-bond acceptors (Lipinski definition) is 3. The van der Waals surface area contributed by atoms with E-state index >= 15 is 0 Å². The van der Waals surface area contributed by atoms with E-state index in [4.69, 9.17) is 18.0 Å². The molecule has 4 heteroatoms. The van der Waals surface area contributed by atoms with Gasteiger partial charge in [0.15, 0.2) is 0 Å². The molecule has 1 heterocycles. The zero-order valence-corrected chi connectivity index (χ0v) is 12.1. The Morgan fingerprint density at radius 3 is 2.65 bits per heavy atom. The van der Waals surface area contributed by atoms with Gasteiger partial charge in [0.05, 0.1) is 4.99 Å². The number of thiocarbonyl (C=S) groups is 1. The molecule has 1 unspecified atom stereocenters. The molecule has 0 aromatic heterocycles. The average Bonchev–Trinajstić information content (AvgIpc) is 2.75. The topological polar surface area (TPSA) is 32.5 Å². The molecule has 0 aliphatic carbocycles. The van der Waals surface area contributed by atoms with Gasteiger partial charge in [-0.25, -0.2) is 0 Å². The van der Waals surface area contributed by atoms with Crippen LogP contribution in [0.3, 0.4) is 0 Å². The SMILES string of the molecule is CCN(CC)C1CCN(CCCCC(N)=S)C1. The van der Waals surface area contributed by atoms with Crippen LogP contribution in [-0.2, 0) is 0 Å². The average molecular weight is 257 g/mol. The summed E-state index contributed by atoms with van der Waals surface area (Å²) in [5, 5.41) is 0. The molecule has 2 N–H and O–H groups in total. The number of rotatable bonds is 8. The second kappa shape index (κ2) is 8.01. The van der Waals surface area contributed by atoms with Gasteiger partial charge in [0.2, 0.25) is 0 Å². The van der Waals surface area contributed by atoms with Gasteiger partial charge in [-0.15, -0.1) is 0 Å². The lowest BCUT2D eigenvalue weighted by Gasteiger charge is -2.26. The second-order valence-corrected chi connectivity index (χ2v) is 5.41. The molecule has 1 atom stereocenters. The first-order valence-corrected chi connectivity index (χ1v) is 7.32. The Balaban J connectivity index is 2.15. The summed E-state index contributed by atoms with van der Waals surface area (Å²) < 4.78 is 0. The van der Waals surface area contributed by atoms with E-state index in [1.807, 2.05) is 0 Å². The first-order chi connectivity index (χ1) is 8.17. The van der Waals surface area contributed by atoms with Gasteiger partial charge in [0.25, 0.3) is 0 Å². The standard InChI is InChI=1S/C13H27N3S/c1-3-16(4-2)12-8-10-15(11-12)9-6-5-7-13(14)17/h12H,3-11H2,1-2H3,(H2,14,17). The van der Waals surface area contributed by atoms with E-state index in [0.29, 0.717) is 4.99 Å². The van der Waals surface area contributed by atoms with Gasteiger partial charge in [-0.1, -0.05) is 26.1 Å². The van der Waals surface area contributed by atoms with Crippen LogP contribution in [0.4, 0.5) is 0 Å². The largest absolute Gasteiger partial charge is 0.393 e. The summed E-state index contributed by atoms with van der Waals surface area (Å²) in [7, 11) is 0. The third-order valence-electron chi connectivity index (χ3n) is 3.72. The second-order valence-electron chi connectivity index (χ2n) is 4.89. The fourth-order valence-electron chi connectivity index (χ4n) is 2.69. The van der Waals surface area contributed by atoms with E-state index in [9.17, 15) is 0 Å². The van der Waals surface area contributed by atoms with Crippen molar-refractivity contribution < 1.29 is 0 Å². The highest BCUT2D eigenvalue weighted by molar-refractivity contribution is 7.80. The predicted molar refractivity (Wildman–Crippen MR) is 78.4 cm³/mol. The lowest BCUT2D eigenvalue weighted by Crippen LogP contribution is -2.37. The molecule has 100 valence electrons. The summed E-state index contributed by atoms with van der Waals surface area (Å²) in [5.74, 6) is 0. The zero-order valence-electron chi connectivity index (χ0n) is 11.3. The van der Waals surface area contributed by atoms with Crippen molar-refractivity contribution >= 4 is 17.2 Å². The van der Waals surface area contributed by atoms with E-state index in [1.54, 1.807) is 0 Å². The summed E-state index contributed by atoms with van der Waals surface area (Å²) in [6.07, 6.45) is 4.60. The van der Waals surface area contributed by atoms with Crippen LogP contribution in [0.1, 0.15) is 39.5 Å². The van der Waals surface area contributed by atoms with E-state index in [2.05, 4.69) is 23.6 Å². The molecular weight excluding hydrogens is 230 g/mol. The maximum absolute atomic E-state index is 5.50. The predicted octanol–water partition coefficient (Wildman–Crippen LogP) is 1.86. The van der Waals surface area contributed by atoms with Gasteiger partial charge in [0.1, 0.15) is 0 Å². The maximum Gasteiger partial charge on any atom is 0.0727 e. The van der Waals surface area contributed by atoms with Gasteiger partial charge in [0, 0.05) is 12.6 Å². The molecule has 1 aliphatic rings. The first kappa shape index (κ1) is 14.9. The summed E-state index contributed by atoms with van der Waals surface area (Å²) in [4.78, 5) is 5.82. The number of likely N-dealkylation sites (tertiary alicyclic amines) is 1. The van der Waals surface area contributed by atoms with Gasteiger partial charge < -0.3 is 10.6 Å². The molecule has 0 aromatic rings. The van der Waals surface area contributed by atoms with Gasteiger partial charge >= 0.3 is 0 Å². The van der Waals surface area contributed by atoms with Crippen molar-refractivity contribution in [2.75, 3.05) is 32.7 Å². The van der Waals surface area contributed by atoms with Crippen LogP contribution in [0.2, 0.25) is 0 Å². The highest BCUT2D eigenvalue weighted by Crippen LogP contribution is 2.16. The van der Waals surface area contributed by atoms with Crippen molar-refractivity contribution in [3.8, 4) is 0 Å². The number of nitrogens with two attached hydrogens (primary N) is 1. The van der Waals surface area contributed by atoms with Crippen molar-refractivity contribution in [1.29, 1.82) is 0 Å². The Bertz CT molecular complexity index is 229. The quantitative estimate of drug-likeness (QED) is 0.531. The highest BCUT2D eigenvalue weighted by Gasteiger charge is 2.25. The minimum Gasteiger partial charge on any atom is -0.393 e. The van der Waals surface area contributed by atoms with Crippen molar-refractivity contribution in [3.63, 3.8) is 0 Å². The summed E-state index contributed by atoms with van der Waals surface area (Å²) in [5.41, 5.74) is 5.50. The molecule has 17 heavy (non-hydrogen) atoms. The minimum absolute atomic E-state index is 0.660. The van der Waals surface area contributed by atoms with E-state index in [0.717, 1.165) is 18.9 Å². The molecule has 1 aliphatic heterocycles. The Kier molecular flexibility index (Phi) is 7.00. The maximum atomic E-state index is 5.50. The van der Waals surface area contributed by atoms with E-state index in [1.165, 1.54) is 45.6 Å². The molecule has 3 nitrogen and oxygen atoms in total. The van der Waals surface area contributed by atoms with Crippen LogP contribution in [0.5, 0.6) is 0 Å². The number of hydrogen-bond donors (Lipinski definition) is 1. The summed E-state index contributed by atoms with van der Waals surface area (Å²) >= 11 is 4.89. The fourth-order valence-corrected chi connectivity index (χ4v) is 2.83. The number of likely N-dealkylation sites (N-methyl/N-ethyl adjacent to an activating group) is 1. The Labute approximate surface area is 111 Å². The monoisotopic (exact) mass is 257 g/mol. The molecule has 0 amide bonds. The van der Waals surface area contributed by atoms with Crippen LogP contribution >= 0.6 is 12.2 Å². The van der Waals surface area contributed by atoms with Crippen LogP contribution in [-0.4, -0.2) is 53.6 Å². The molecule has 0 saturated carbocycles. The normalized spacial score (nSPS) is 21.2. The Morgan fingerprint density at radius 2 is 2.06 bits per heavy atom. The Hall–Kier alpha value is -0.190. The third kappa shape index (κ3) is 5.32. The zero-order chi connectivity index (χ0) is 12.7. The lowest BCUT2D eigenvalue weighted by atomic mass is 10.2. The van der Waals surface area contributed by atoms with Crippen LogP contribution < -0.4 is 5.73 Å². The minimum atomic E-state index is 0.660. The van der Waals surface area contributed by atoms with Crippen molar-refractivity contribution in [3.05, 3.63) is 0 Å². The first-order valence-electron chi connectivity index (χ1n) is 6.92. The Morgan fingerprint density at radius 1 is 1.35 bits per heavy atom. The molecule has 1 fully saturated rings. The summed E-state index contributed by atoms with van der Waals surface area (Å²) in [6, 6.07) is 0.778. The van der Waals surface area contributed by atoms with Crippen LogP contribution in [0, 0.1) is 0 Å². The fraction of sp³-hybridized carbons (Fsp3) is 0.923. The smallest absolute Gasteiger partial charge is 0.0727 e. The number of unbranched alkanes of at least 4 members (excludes halogenated alkanes) is 1. The molecule has 0 radical (unpaired) electrons. The van der Waals surface area contributed by atoms with E-state index < -0.39 is 0 Å². The van der Waals surface area contributed by atoms with Gasteiger partial charge in [-0.2, -0.15) is 0 Å². The summed E-state index contributed by atoms with van der Waals surface area (Å²) in [6.45, 7) is 10.6. The molecule has 1 rings (SSSR count). The van der Waals surface area contributed by atoms with Gasteiger partial charge in [-0.3, -0.25) is 4.90 Å². The third-order valence-corrected chi connectivity index (χ3v) is 3.93. The van der Waals surface area contributed by atoms with Crippen molar-refractivity contribution in [2.45, 2.75) is 45.6 Å². The molecule has 0 bridgehead atoms. The van der Waals surface area contributed by atoms with Crippen LogP contribution in [0.25, 0.3) is 0 Å². The van der Waals surface area contributed by atoms with Crippen molar-refractivity contribution in [1.82, 2.24) is 9.80 Å². The van der Waals surface area contributed by atoms with Crippen LogP contribution in [0.15, 0.2) is 0 Å².